The maximum atomic E-state index is 13.3. The Balaban J connectivity index is 2.87. The van der Waals surface area contributed by atoms with Gasteiger partial charge in [-0.05, 0) is 6.54 Å². The molecule has 0 bridgehead atoms. The summed E-state index contributed by atoms with van der Waals surface area (Å²) in [6, 6.07) is 1.38. The Kier molecular flexibility index (Phi) is 4.76. The summed E-state index contributed by atoms with van der Waals surface area (Å²) >= 11 is 0. The van der Waals surface area contributed by atoms with Gasteiger partial charge >= 0.3 is 0 Å². The van der Waals surface area contributed by atoms with Gasteiger partial charge in [0.25, 0.3) is 0 Å². The van der Waals surface area contributed by atoms with Crippen molar-refractivity contribution >= 4 is 0 Å². The molecule has 0 heterocycles. The molecule has 5 heteroatoms. The number of halogens is 3. The first-order valence-electron chi connectivity index (χ1n) is 5.14. The quantitative estimate of drug-likeness (QED) is 0.840. The molecule has 1 rings (SSSR count). The number of benzene rings is 1. The first-order chi connectivity index (χ1) is 7.58. The van der Waals surface area contributed by atoms with Gasteiger partial charge in [-0.25, -0.2) is 13.2 Å². The Labute approximate surface area is 92.9 Å². The van der Waals surface area contributed by atoms with Crippen LogP contribution < -0.4 is 5.73 Å². The van der Waals surface area contributed by atoms with Crippen LogP contribution in [-0.2, 0) is 6.54 Å². The lowest BCUT2D eigenvalue weighted by Gasteiger charge is -2.20. The summed E-state index contributed by atoms with van der Waals surface area (Å²) < 4.78 is 39.3. The highest BCUT2D eigenvalue weighted by atomic mass is 19.1. The molecular formula is C11H15F3N2. The highest BCUT2D eigenvalue weighted by molar-refractivity contribution is 5.20. The van der Waals surface area contributed by atoms with Crippen LogP contribution in [-0.4, -0.2) is 24.5 Å². The predicted octanol–water partition coefficient (Wildman–Crippen LogP) is 1.88. The van der Waals surface area contributed by atoms with Gasteiger partial charge in [0.1, 0.15) is 17.5 Å². The summed E-state index contributed by atoms with van der Waals surface area (Å²) in [5, 5.41) is 0. The van der Waals surface area contributed by atoms with E-state index in [-0.39, 0.29) is 12.1 Å². The largest absolute Gasteiger partial charge is 0.329 e. The van der Waals surface area contributed by atoms with Gasteiger partial charge in [0.15, 0.2) is 0 Å². The van der Waals surface area contributed by atoms with Gasteiger partial charge in [0.2, 0.25) is 0 Å². The molecule has 90 valence electrons. The third-order valence-electron chi connectivity index (χ3n) is 2.38. The van der Waals surface area contributed by atoms with Crippen molar-refractivity contribution in [1.29, 1.82) is 0 Å². The number of nitrogens with two attached hydrogens (primary N) is 1. The molecule has 0 aliphatic rings. The van der Waals surface area contributed by atoms with E-state index < -0.39 is 17.5 Å². The topological polar surface area (TPSA) is 29.3 Å². The van der Waals surface area contributed by atoms with Crippen molar-refractivity contribution < 1.29 is 13.2 Å². The summed E-state index contributed by atoms with van der Waals surface area (Å²) in [7, 11) is 0. The SMILES string of the molecule is CCN(CCN)Cc1c(F)cc(F)cc1F. The molecule has 0 aliphatic carbocycles. The maximum Gasteiger partial charge on any atom is 0.133 e. The van der Waals surface area contributed by atoms with E-state index in [1.54, 1.807) is 4.90 Å². The second-order valence-corrected chi connectivity index (χ2v) is 3.51. The summed E-state index contributed by atoms with van der Waals surface area (Å²) in [6.45, 7) is 3.57. The Morgan fingerprint density at radius 3 is 2.19 bits per heavy atom. The molecule has 2 nitrogen and oxygen atoms in total. The van der Waals surface area contributed by atoms with Crippen LogP contribution in [0.15, 0.2) is 12.1 Å². The van der Waals surface area contributed by atoms with Crippen molar-refractivity contribution in [1.82, 2.24) is 4.90 Å². The van der Waals surface area contributed by atoms with Gasteiger partial charge in [-0.3, -0.25) is 4.90 Å². The fourth-order valence-corrected chi connectivity index (χ4v) is 1.48. The summed E-state index contributed by atoms with van der Waals surface area (Å²) in [6.07, 6.45) is 0. The van der Waals surface area contributed by atoms with Crippen LogP contribution in [0.25, 0.3) is 0 Å². The molecule has 0 aliphatic heterocycles. The first kappa shape index (κ1) is 13.0. The molecule has 0 radical (unpaired) electrons. The van der Waals surface area contributed by atoms with Gasteiger partial charge in [0.05, 0.1) is 0 Å². The van der Waals surface area contributed by atoms with Crippen LogP contribution in [0, 0.1) is 17.5 Å². The normalized spacial score (nSPS) is 11.1. The van der Waals surface area contributed by atoms with Gasteiger partial charge in [-0.15, -0.1) is 0 Å². The van der Waals surface area contributed by atoms with Crippen LogP contribution >= 0.6 is 0 Å². The lowest BCUT2D eigenvalue weighted by Crippen LogP contribution is -2.29. The van der Waals surface area contributed by atoms with E-state index in [1.807, 2.05) is 6.92 Å². The minimum Gasteiger partial charge on any atom is -0.329 e. The van der Waals surface area contributed by atoms with Gasteiger partial charge in [-0.1, -0.05) is 6.92 Å². The molecule has 1 aromatic rings. The molecule has 0 saturated carbocycles. The van der Waals surface area contributed by atoms with E-state index in [9.17, 15) is 13.2 Å². The van der Waals surface area contributed by atoms with Crippen LogP contribution in [0.1, 0.15) is 12.5 Å². The Bertz CT molecular complexity index is 332. The number of hydrogen-bond donors (Lipinski definition) is 1. The highest BCUT2D eigenvalue weighted by Crippen LogP contribution is 2.16. The minimum absolute atomic E-state index is 0.103. The highest BCUT2D eigenvalue weighted by Gasteiger charge is 2.14. The Morgan fingerprint density at radius 2 is 1.75 bits per heavy atom. The number of likely N-dealkylation sites (N-methyl/N-ethyl adjacent to an activating group) is 1. The standard InChI is InChI=1S/C11H15F3N2/c1-2-16(4-3-15)7-9-10(13)5-8(12)6-11(9)14/h5-6H,2-4,7,15H2,1H3. The third kappa shape index (κ3) is 3.21. The van der Waals surface area contributed by atoms with Crippen molar-refractivity contribution in [2.45, 2.75) is 13.5 Å². The molecule has 0 atom stereocenters. The van der Waals surface area contributed by atoms with Crippen LogP contribution in [0.2, 0.25) is 0 Å². The monoisotopic (exact) mass is 232 g/mol. The van der Waals surface area contributed by atoms with Crippen molar-refractivity contribution in [2.75, 3.05) is 19.6 Å². The lowest BCUT2D eigenvalue weighted by atomic mass is 10.1. The fraction of sp³-hybridized carbons (Fsp3) is 0.455. The van der Waals surface area contributed by atoms with Crippen LogP contribution in [0.3, 0.4) is 0 Å². The molecule has 2 N–H and O–H groups in total. The van der Waals surface area contributed by atoms with E-state index in [0.29, 0.717) is 31.8 Å². The first-order valence-corrected chi connectivity index (χ1v) is 5.14. The molecule has 0 spiro atoms. The molecular weight excluding hydrogens is 217 g/mol. The zero-order valence-corrected chi connectivity index (χ0v) is 9.14. The summed E-state index contributed by atoms with van der Waals surface area (Å²) in [5.41, 5.74) is 5.26. The summed E-state index contributed by atoms with van der Waals surface area (Å²) in [5.74, 6) is -2.61. The van der Waals surface area contributed by atoms with Gasteiger partial charge in [-0.2, -0.15) is 0 Å². The van der Waals surface area contributed by atoms with Crippen molar-refractivity contribution in [3.63, 3.8) is 0 Å². The summed E-state index contributed by atoms with van der Waals surface area (Å²) in [4.78, 5) is 1.79. The number of nitrogens with zero attached hydrogens (tertiary/aromatic N) is 1. The Hall–Kier alpha value is -1.07. The van der Waals surface area contributed by atoms with E-state index in [2.05, 4.69) is 0 Å². The van der Waals surface area contributed by atoms with Crippen molar-refractivity contribution in [3.8, 4) is 0 Å². The Morgan fingerprint density at radius 1 is 1.19 bits per heavy atom. The zero-order chi connectivity index (χ0) is 12.1. The average molecular weight is 232 g/mol. The average Bonchev–Trinajstić information content (AvgIpc) is 2.21. The minimum atomic E-state index is -0.902. The van der Waals surface area contributed by atoms with E-state index in [0.717, 1.165) is 0 Å². The molecule has 0 fully saturated rings. The van der Waals surface area contributed by atoms with E-state index >= 15 is 0 Å². The molecule has 0 unspecified atom stereocenters. The molecule has 0 saturated heterocycles. The van der Waals surface area contributed by atoms with Gasteiger partial charge in [0, 0.05) is 37.3 Å². The predicted molar refractivity (Wildman–Crippen MR) is 56.3 cm³/mol. The molecule has 1 aromatic carbocycles. The second kappa shape index (κ2) is 5.86. The second-order valence-electron chi connectivity index (χ2n) is 3.51. The number of hydrogen-bond acceptors (Lipinski definition) is 2. The van der Waals surface area contributed by atoms with Crippen molar-refractivity contribution in [3.05, 3.63) is 35.1 Å². The van der Waals surface area contributed by atoms with Crippen LogP contribution in [0.4, 0.5) is 13.2 Å². The number of rotatable bonds is 5. The van der Waals surface area contributed by atoms with E-state index in [4.69, 9.17) is 5.73 Å². The molecule has 16 heavy (non-hydrogen) atoms. The fourth-order valence-electron chi connectivity index (χ4n) is 1.48. The van der Waals surface area contributed by atoms with Gasteiger partial charge < -0.3 is 5.73 Å². The van der Waals surface area contributed by atoms with E-state index in [1.165, 1.54) is 0 Å². The zero-order valence-electron chi connectivity index (χ0n) is 9.14. The maximum absolute atomic E-state index is 13.3. The third-order valence-corrected chi connectivity index (χ3v) is 2.38. The lowest BCUT2D eigenvalue weighted by molar-refractivity contribution is 0.278. The van der Waals surface area contributed by atoms with Crippen LogP contribution in [0.5, 0.6) is 0 Å². The smallest absolute Gasteiger partial charge is 0.133 e. The molecule has 0 amide bonds. The van der Waals surface area contributed by atoms with Crippen molar-refractivity contribution in [2.24, 2.45) is 5.73 Å². The molecule has 0 aromatic heterocycles.